The van der Waals surface area contributed by atoms with Crippen LogP contribution in [-0.2, 0) is 4.74 Å². The van der Waals surface area contributed by atoms with E-state index in [1.54, 1.807) is 0 Å². The first-order chi connectivity index (χ1) is 4.83. The summed E-state index contributed by atoms with van der Waals surface area (Å²) in [5.41, 5.74) is 5.59. The zero-order chi connectivity index (χ0) is 7.40. The second-order valence-electron chi connectivity index (χ2n) is 2.66. The quantitative estimate of drug-likeness (QED) is 0.644. The lowest BCUT2D eigenvalue weighted by Crippen LogP contribution is -2.35. The van der Waals surface area contributed by atoms with Crippen LogP contribution >= 0.6 is 12.4 Å². The van der Waals surface area contributed by atoms with E-state index in [0.29, 0.717) is 13.0 Å². The van der Waals surface area contributed by atoms with Crippen molar-refractivity contribution < 1.29 is 4.74 Å². The van der Waals surface area contributed by atoms with Gasteiger partial charge in [-0.1, -0.05) is 0 Å². The maximum absolute atomic E-state index is 8.32. The number of ether oxygens (including phenoxy) is 1. The number of nitrogens with zero attached hydrogens (tertiary/aromatic N) is 1. The first kappa shape index (κ1) is 10.7. The lowest BCUT2D eigenvalue weighted by atomic mass is 10.0. The van der Waals surface area contributed by atoms with E-state index in [-0.39, 0.29) is 24.6 Å². The molecule has 0 aromatic heterocycles. The van der Waals surface area contributed by atoms with Crippen molar-refractivity contribution in [2.75, 3.05) is 6.61 Å². The minimum absolute atomic E-state index is 0. The highest BCUT2D eigenvalue weighted by atomic mass is 35.5. The number of halogens is 1. The number of rotatable bonds is 1. The van der Waals surface area contributed by atoms with E-state index in [4.69, 9.17) is 15.7 Å². The number of nitriles is 1. The van der Waals surface area contributed by atoms with Crippen LogP contribution in [0.1, 0.15) is 19.3 Å². The Morgan fingerprint density at radius 1 is 1.55 bits per heavy atom. The van der Waals surface area contributed by atoms with E-state index in [2.05, 4.69) is 6.07 Å². The van der Waals surface area contributed by atoms with E-state index in [1.165, 1.54) is 0 Å². The van der Waals surface area contributed by atoms with Crippen molar-refractivity contribution in [3.05, 3.63) is 0 Å². The van der Waals surface area contributed by atoms with Gasteiger partial charge in [0, 0.05) is 6.04 Å². The molecule has 0 aliphatic carbocycles. The normalized spacial score (nSPS) is 30.2. The van der Waals surface area contributed by atoms with Crippen molar-refractivity contribution in [2.24, 2.45) is 5.73 Å². The Hall–Kier alpha value is -0.300. The van der Waals surface area contributed by atoms with E-state index >= 15 is 0 Å². The van der Waals surface area contributed by atoms with Crippen molar-refractivity contribution in [1.29, 1.82) is 5.26 Å². The highest BCUT2D eigenvalue weighted by molar-refractivity contribution is 5.85. The van der Waals surface area contributed by atoms with E-state index in [0.717, 1.165) is 12.8 Å². The van der Waals surface area contributed by atoms with Gasteiger partial charge < -0.3 is 10.5 Å². The summed E-state index contributed by atoms with van der Waals surface area (Å²) < 4.78 is 5.28. The molecule has 0 aromatic rings. The molecule has 0 radical (unpaired) electrons. The second-order valence-corrected chi connectivity index (χ2v) is 2.66. The van der Waals surface area contributed by atoms with Crippen LogP contribution in [0.4, 0.5) is 0 Å². The SMILES string of the molecule is Cl.N#CCC1CCC(N)CO1. The Bertz CT molecular complexity index is 138. The molecule has 0 aromatic carbocycles. The van der Waals surface area contributed by atoms with E-state index in [9.17, 15) is 0 Å². The maximum Gasteiger partial charge on any atom is 0.0706 e. The molecule has 1 aliphatic rings. The smallest absolute Gasteiger partial charge is 0.0706 e. The molecule has 1 heterocycles. The standard InChI is InChI=1S/C7H12N2O.ClH/c8-4-3-7-2-1-6(9)5-10-7;/h6-7H,1-3,5,9H2;1H. The molecule has 1 rings (SSSR count). The van der Waals surface area contributed by atoms with Crippen LogP contribution in [0.3, 0.4) is 0 Å². The molecule has 2 unspecified atom stereocenters. The fourth-order valence-corrected chi connectivity index (χ4v) is 1.09. The molecule has 11 heavy (non-hydrogen) atoms. The van der Waals surface area contributed by atoms with Gasteiger partial charge in [-0.25, -0.2) is 0 Å². The average Bonchev–Trinajstić information content (AvgIpc) is 1.95. The van der Waals surface area contributed by atoms with Gasteiger partial charge in [-0.2, -0.15) is 5.26 Å². The molecule has 64 valence electrons. The van der Waals surface area contributed by atoms with Gasteiger partial charge in [0.05, 0.1) is 25.2 Å². The summed E-state index contributed by atoms with van der Waals surface area (Å²) in [6.07, 6.45) is 2.58. The molecular weight excluding hydrogens is 164 g/mol. The zero-order valence-electron chi connectivity index (χ0n) is 6.32. The van der Waals surface area contributed by atoms with E-state index < -0.39 is 0 Å². The summed E-state index contributed by atoms with van der Waals surface area (Å²) in [7, 11) is 0. The molecule has 2 atom stereocenters. The molecule has 3 nitrogen and oxygen atoms in total. The highest BCUT2D eigenvalue weighted by Crippen LogP contribution is 2.13. The molecule has 4 heteroatoms. The van der Waals surface area contributed by atoms with Gasteiger partial charge in [0.15, 0.2) is 0 Å². The predicted octanol–water partition coefficient (Wildman–Crippen LogP) is 0.828. The van der Waals surface area contributed by atoms with Crippen molar-refractivity contribution in [1.82, 2.24) is 0 Å². The molecule has 0 bridgehead atoms. The molecule has 0 amide bonds. The summed E-state index contributed by atoms with van der Waals surface area (Å²) in [5, 5.41) is 8.32. The lowest BCUT2D eigenvalue weighted by Gasteiger charge is -2.24. The molecule has 1 aliphatic heterocycles. The summed E-state index contributed by atoms with van der Waals surface area (Å²) in [6.45, 7) is 0.617. The summed E-state index contributed by atoms with van der Waals surface area (Å²) >= 11 is 0. The number of hydrogen-bond donors (Lipinski definition) is 1. The zero-order valence-corrected chi connectivity index (χ0v) is 7.14. The van der Waals surface area contributed by atoms with Crippen molar-refractivity contribution in [3.63, 3.8) is 0 Å². The third-order valence-electron chi connectivity index (χ3n) is 1.72. The Labute approximate surface area is 72.9 Å². The molecule has 1 fully saturated rings. The maximum atomic E-state index is 8.32. The van der Waals surface area contributed by atoms with Crippen LogP contribution in [0.15, 0.2) is 0 Å². The first-order valence-corrected chi connectivity index (χ1v) is 3.57. The van der Waals surface area contributed by atoms with Gasteiger partial charge in [0.2, 0.25) is 0 Å². The lowest BCUT2D eigenvalue weighted by molar-refractivity contribution is 0.00864. The third-order valence-corrected chi connectivity index (χ3v) is 1.72. The molecule has 1 saturated heterocycles. The first-order valence-electron chi connectivity index (χ1n) is 3.57. The molecule has 2 N–H and O–H groups in total. The molecule has 0 spiro atoms. The van der Waals surface area contributed by atoms with Gasteiger partial charge in [0.25, 0.3) is 0 Å². The van der Waals surface area contributed by atoms with Crippen LogP contribution in [-0.4, -0.2) is 18.8 Å². The highest BCUT2D eigenvalue weighted by Gasteiger charge is 2.17. The topological polar surface area (TPSA) is 59.0 Å². The molecular formula is C7H13ClN2O. The van der Waals surface area contributed by atoms with Crippen LogP contribution in [0.25, 0.3) is 0 Å². The minimum atomic E-state index is 0. The monoisotopic (exact) mass is 176 g/mol. The van der Waals surface area contributed by atoms with Crippen molar-refractivity contribution >= 4 is 12.4 Å². The minimum Gasteiger partial charge on any atom is -0.376 e. The average molecular weight is 177 g/mol. The van der Waals surface area contributed by atoms with Gasteiger partial charge in [-0.05, 0) is 12.8 Å². The van der Waals surface area contributed by atoms with E-state index in [1.807, 2.05) is 0 Å². The fourth-order valence-electron chi connectivity index (χ4n) is 1.09. The molecule has 0 saturated carbocycles. The largest absolute Gasteiger partial charge is 0.376 e. The Kier molecular flexibility index (Phi) is 5.22. The van der Waals surface area contributed by atoms with Crippen molar-refractivity contribution in [3.8, 4) is 6.07 Å². The fraction of sp³-hybridized carbons (Fsp3) is 0.857. The predicted molar refractivity (Wildman–Crippen MR) is 44.4 cm³/mol. The van der Waals surface area contributed by atoms with Gasteiger partial charge in [-0.15, -0.1) is 12.4 Å². The van der Waals surface area contributed by atoms with Gasteiger partial charge >= 0.3 is 0 Å². The third kappa shape index (κ3) is 3.57. The van der Waals surface area contributed by atoms with Gasteiger partial charge in [0.1, 0.15) is 0 Å². The Balaban J connectivity index is 0.000001000. The van der Waals surface area contributed by atoms with Gasteiger partial charge in [-0.3, -0.25) is 0 Å². The van der Waals surface area contributed by atoms with Crippen LogP contribution < -0.4 is 5.73 Å². The van der Waals surface area contributed by atoms with Crippen LogP contribution in [0.2, 0.25) is 0 Å². The Morgan fingerprint density at radius 2 is 2.27 bits per heavy atom. The number of nitrogens with two attached hydrogens (primary N) is 1. The summed E-state index contributed by atoms with van der Waals surface area (Å²) in [4.78, 5) is 0. The Morgan fingerprint density at radius 3 is 2.73 bits per heavy atom. The second kappa shape index (κ2) is 5.36. The van der Waals surface area contributed by atoms with Crippen molar-refractivity contribution in [2.45, 2.75) is 31.4 Å². The van der Waals surface area contributed by atoms with Crippen LogP contribution in [0.5, 0.6) is 0 Å². The summed E-state index contributed by atoms with van der Waals surface area (Å²) in [5.74, 6) is 0. The summed E-state index contributed by atoms with van der Waals surface area (Å²) in [6, 6.07) is 2.28. The number of hydrogen-bond acceptors (Lipinski definition) is 3. The van der Waals surface area contributed by atoms with Crippen LogP contribution in [0, 0.1) is 11.3 Å².